The maximum Gasteiger partial charge on any atom is 0.248 e. The SMILES string of the molecule is C[C@]12CCC(=O)N1[C@H](C(=O)Nc1ccccc1-c1ccccc1)CS2. The van der Waals surface area contributed by atoms with E-state index in [1.54, 1.807) is 16.7 Å². The topological polar surface area (TPSA) is 49.4 Å². The number of hydrogen-bond acceptors (Lipinski definition) is 3. The lowest BCUT2D eigenvalue weighted by atomic mass is 10.0. The van der Waals surface area contributed by atoms with E-state index in [9.17, 15) is 9.59 Å². The number of hydrogen-bond donors (Lipinski definition) is 1. The second kappa shape index (κ2) is 6.23. The van der Waals surface area contributed by atoms with Crippen LogP contribution in [0.3, 0.4) is 0 Å². The van der Waals surface area contributed by atoms with E-state index in [1.165, 1.54) is 0 Å². The van der Waals surface area contributed by atoms with Gasteiger partial charge in [0.2, 0.25) is 11.8 Å². The maximum atomic E-state index is 12.9. The van der Waals surface area contributed by atoms with Crippen molar-refractivity contribution in [3.05, 3.63) is 54.6 Å². The third kappa shape index (κ3) is 2.82. The highest BCUT2D eigenvalue weighted by molar-refractivity contribution is 8.01. The number of anilines is 1. The van der Waals surface area contributed by atoms with Gasteiger partial charge in [-0.05, 0) is 25.0 Å². The van der Waals surface area contributed by atoms with Crippen LogP contribution in [0.1, 0.15) is 19.8 Å². The molecule has 0 unspecified atom stereocenters. The normalized spacial score (nSPS) is 25.1. The number of amides is 2. The summed E-state index contributed by atoms with van der Waals surface area (Å²) in [5, 5.41) is 3.06. The molecular formula is C20H20N2O2S. The van der Waals surface area contributed by atoms with E-state index < -0.39 is 6.04 Å². The van der Waals surface area contributed by atoms with Crippen molar-refractivity contribution in [2.75, 3.05) is 11.1 Å². The molecule has 2 saturated heterocycles. The lowest BCUT2D eigenvalue weighted by Crippen LogP contribution is -2.48. The van der Waals surface area contributed by atoms with Crippen LogP contribution in [0.25, 0.3) is 11.1 Å². The fraction of sp³-hybridized carbons (Fsp3) is 0.300. The summed E-state index contributed by atoms with van der Waals surface area (Å²) in [5.74, 6) is 0.639. The zero-order valence-corrected chi connectivity index (χ0v) is 14.9. The van der Waals surface area contributed by atoms with Crippen molar-refractivity contribution >= 4 is 29.3 Å². The third-order valence-electron chi connectivity index (χ3n) is 5.02. The lowest BCUT2D eigenvalue weighted by Gasteiger charge is -2.30. The minimum Gasteiger partial charge on any atom is -0.324 e. The van der Waals surface area contributed by atoms with Gasteiger partial charge in [0.1, 0.15) is 6.04 Å². The summed E-state index contributed by atoms with van der Waals surface area (Å²) in [6.07, 6.45) is 1.36. The smallest absolute Gasteiger partial charge is 0.248 e. The summed E-state index contributed by atoms with van der Waals surface area (Å²) >= 11 is 1.71. The van der Waals surface area contributed by atoms with Crippen molar-refractivity contribution in [1.82, 2.24) is 4.90 Å². The van der Waals surface area contributed by atoms with E-state index in [0.29, 0.717) is 12.2 Å². The molecular weight excluding hydrogens is 332 g/mol. The molecule has 2 aliphatic heterocycles. The Labute approximate surface area is 151 Å². The van der Waals surface area contributed by atoms with Crippen LogP contribution in [0, 0.1) is 0 Å². The summed E-state index contributed by atoms with van der Waals surface area (Å²) in [4.78, 5) is 26.7. The Morgan fingerprint density at radius 2 is 1.88 bits per heavy atom. The number of carbonyl (C=O) groups is 2. The Kier molecular flexibility index (Phi) is 4.04. The van der Waals surface area contributed by atoms with Crippen LogP contribution in [0.4, 0.5) is 5.69 Å². The monoisotopic (exact) mass is 352 g/mol. The Morgan fingerprint density at radius 1 is 1.16 bits per heavy atom. The summed E-state index contributed by atoms with van der Waals surface area (Å²) in [6, 6.07) is 17.4. The third-order valence-corrected chi connectivity index (χ3v) is 6.52. The van der Waals surface area contributed by atoms with Crippen molar-refractivity contribution in [1.29, 1.82) is 0 Å². The number of nitrogens with zero attached hydrogens (tertiary/aromatic N) is 1. The second-order valence-corrected chi connectivity index (χ2v) is 8.17. The fourth-order valence-electron chi connectivity index (χ4n) is 3.69. The number of carbonyl (C=O) groups excluding carboxylic acids is 2. The summed E-state index contributed by atoms with van der Waals surface area (Å²) in [7, 11) is 0. The molecule has 1 N–H and O–H groups in total. The molecule has 4 rings (SSSR count). The first-order chi connectivity index (χ1) is 12.1. The molecule has 25 heavy (non-hydrogen) atoms. The number of thioether (sulfide) groups is 1. The largest absolute Gasteiger partial charge is 0.324 e. The van der Waals surface area contributed by atoms with E-state index in [0.717, 1.165) is 23.2 Å². The Hall–Kier alpha value is -2.27. The summed E-state index contributed by atoms with van der Waals surface area (Å²) in [5.41, 5.74) is 2.82. The van der Waals surface area contributed by atoms with Crippen LogP contribution >= 0.6 is 11.8 Å². The quantitative estimate of drug-likeness (QED) is 0.915. The van der Waals surface area contributed by atoms with Crippen molar-refractivity contribution in [3.63, 3.8) is 0 Å². The molecule has 0 aliphatic carbocycles. The molecule has 128 valence electrons. The van der Waals surface area contributed by atoms with E-state index in [1.807, 2.05) is 54.6 Å². The van der Waals surface area contributed by atoms with Gasteiger partial charge >= 0.3 is 0 Å². The van der Waals surface area contributed by atoms with Crippen molar-refractivity contribution < 1.29 is 9.59 Å². The minimum absolute atomic E-state index is 0.0870. The molecule has 2 fully saturated rings. The molecule has 0 aromatic heterocycles. The van der Waals surface area contributed by atoms with Crippen molar-refractivity contribution in [2.45, 2.75) is 30.7 Å². The number of benzene rings is 2. The van der Waals surface area contributed by atoms with Gasteiger partial charge in [-0.1, -0.05) is 48.5 Å². The molecule has 2 aromatic carbocycles. The molecule has 2 aromatic rings. The highest BCUT2D eigenvalue weighted by Crippen LogP contribution is 2.47. The van der Waals surface area contributed by atoms with Crippen molar-refractivity contribution in [2.24, 2.45) is 0 Å². The Bertz CT molecular complexity index is 823. The molecule has 2 heterocycles. The van der Waals surface area contributed by atoms with Gasteiger partial charge in [-0.25, -0.2) is 0 Å². The average molecular weight is 352 g/mol. The summed E-state index contributed by atoms with van der Waals surface area (Å²) < 4.78 is 0. The number of nitrogens with one attached hydrogen (secondary N) is 1. The van der Waals surface area contributed by atoms with Crippen LogP contribution in [-0.2, 0) is 9.59 Å². The molecule has 2 aliphatic rings. The maximum absolute atomic E-state index is 12.9. The zero-order chi connectivity index (χ0) is 17.4. The zero-order valence-electron chi connectivity index (χ0n) is 14.1. The number of fused-ring (bicyclic) bond motifs is 1. The molecule has 2 amide bonds. The Morgan fingerprint density at radius 3 is 2.68 bits per heavy atom. The fourth-order valence-corrected chi connectivity index (χ4v) is 5.12. The van der Waals surface area contributed by atoms with Crippen LogP contribution in [0.5, 0.6) is 0 Å². The molecule has 2 atom stereocenters. The highest BCUT2D eigenvalue weighted by atomic mass is 32.2. The van der Waals surface area contributed by atoms with Gasteiger partial charge in [-0.3, -0.25) is 9.59 Å². The second-order valence-electron chi connectivity index (χ2n) is 6.67. The van der Waals surface area contributed by atoms with E-state index in [4.69, 9.17) is 0 Å². The number of para-hydroxylation sites is 1. The number of rotatable bonds is 3. The minimum atomic E-state index is -0.395. The van der Waals surface area contributed by atoms with Gasteiger partial charge < -0.3 is 10.2 Å². The van der Waals surface area contributed by atoms with Crippen LogP contribution in [0.2, 0.25) is 0 Å². The highest BCUT2D eigenvalue weighted by Gasteiger charge is 2.52. The molecule has 0 spiro atoms. The molecule has 5 heteroatoms. The summed E-state index contributed by atoms with van der Waals surface area (Å²) in [6.45, 7) is 2.06. The van der Waals surface area contributed by atoms with E-state index in [-0.39, 0.29) is 16.7 Å². The molecule has 0 saturated carbocycles. The van der Waals surface area contributed by atoms with Crippen LogP contribution < -0.4 is 5.32 Å². The van der Waals surface area contributed by atoms with Gasteiger partial charge in [-0.2, -0.15) is 0 Å². The molecule has 0 bridgehead atoms. The van der Waals surface area contributed by atoms with E-state index >= 15 is 0 Å². The van der Waals surface area contributed by atoms with Gasteiger partial charge in [0, 0.05) is 23.4 Å². The first kappa shape index (κ1) is 16.2. The lowest BCUT2D eigenvalue weighted by molar-refractivity contribution is -0.135. The average Bonchev–Trinajstić information content (AvgIpc) is 3.12. The first-order valence-corrected chi connectivity index (χ1v) is 9.48. The van der Waals surface area contributed by atoms with Crippen LogP contribution in [-0.4, -0.2) is 33.4 Å². The van der Waals surface area contributed by atoms with Gasteiger partial charge in [0.05, 0.1) is 4.87 Å². The van der Waals surface area contributed by atoms with Crippen LogP contribution in [0.15, 0.2) is 54.6 Å². The molecule has 4 nitrogen and oxygen atoms in total. The van der Waals surface area contributed by atoms with Gasteiger partial charge in [-0.15, -0.1) is 11.8 Å². The van der Waals surface area contributed by atoms with Gasteiger partial charge in [0.15, 0.2) is 0 Å². The predicted octanol–water partition coefficient (Wildman–Crippen LogP) is 3.75. The Balaban J connectivity index is 1.59. The van der Waals surface area contributed by atoms with Crippen molar-refractivity contribution in [3.8, 4) is 11.1 Å². The standard InChI is InChI=1S/C20H20N2O2S/c1-20-12-11-18(23)22(20)17(13-25-20)19(24)21-16-10-6-5-9-15(16)14-7-3-2-4-8-14/h2-10,17H,11-13H2,1H3,(H,21,24)/t17-,20-/m0/s1. The first-order valence-electron chi connectivity index (χ1n) is 8.50. The van der Waals surface area contributed by atoms with Gasteiger partial charge in [0.25, 0.3) is 0 Å². The molecule has 0 radical (unpaired) electrons. The predicted molar refractivity (Wildman–Crippen MR) is 101 cm³/mol. The van der Waals surface area contributed by atoms with E-state index in [2.05, 4.69) is 12.2 Å².